The molecular formula is C23H25ClN2O5. The van der Waals surface area contributed by atoms with Crippen LogP contribution >= 0.6 is 11.6 Å². The molecule has 2 aromatic carbocycles. The molecule has 0 saturated heterocycles. The molecule has 31 heavy (non-hydrogen) atoms. The van der Waals surface area contributed by atoms with Gasteiger partial charge in [-0.05, 0) is 31.0 Å². The molecule has 8 heteroatoms. The Kier molecular flexibility index (Phi) is 7.55. The van der Waals surface area contributed by atoms with Gasteiger partial charge in [0.15, 0.2) is 0 Å². The number of halogens is 1. The summed E-state index contributed by atoms with van der Waals surface area (Å²) in [5, 5.41) is 3.65. The van der Waals surface area contributed by atoms with Crippen LogP contribution < -0.4 is 14.8 Å². The van der Waals surface area contributed by atoms with E-state index in [0.717, 1.165) is 0 Å². The zero-order valence-electron chi connectivity index (χ0n) is 17.7. The highest BCUT2D eigenvalue weighted by Gasteiger charge is 2.38. The molecule has 0 spiro atoms. The van der Waals surface area contributed by atoms with Crippen LogP contribution in [0.1, 0.15) is 18.9 Å². The van der Waals surface area contributed by atoms with Crippen LogP contribution in [0.3, 0.4) is 0 Å². The largest absolute Gasteiger partial charge is 0.497 e. The first-order chi connectivity index (χ1) is 15.0. The van der Waals surface area contributed by atoms with Crippen molar-refractivity contribution in [3.05, 3.63) is 58.7 Å². The Morgan fingerprint density at radius 1 is 0.968 bits per heavy atom. The number of benzene rings is 2. The number of hydrogen-bond donors (Lipinski definition) is 1. The van der Waals surface area contributed by atoms with Gasteiger partial charge in [-0.15, -0.1) is 0 Å². The average Bonchev–Trinajstić information content (AvgIpc) is 3.01. The molecule has 1 aliphatic heterocycles. The van der Waals surface area contributed by atoms with Gasteiger partial charge in [-0.1, -0.05) is 23.7 Å². The van der Waals surface area contributed by atoms with Crippen LogP contribution in [0.15, 0.2) is 48.2 Å². The van der Waals surface area contributed by atoms with Crippen molar-refractivity contribution in [1.29, 1.82) is 0 Å². The molecule has 1 heterocycles. The third-order valence-electron chi connectivity index (χ3n) is 4.80. The first kappa shape index (κ1) is 22.7. The van der Waals surface area contributed by atoms with E-state index in [9.17, 15) is 9.59 Å². The summed E-state index contributed by atoms with van der Waals surface area (Å²) in [5.41, 5.74) is 1.65. The van der Waals surface area contributed by atoms with Crippen LogP contribution in [0.2, 0.25) is 5.02 Å². The van der Waals surface area contributed by atoms with Gasteiger partial charge in [-0.2, -0.15) is 0 Å². The van der Waals surface area contributed by atoms with Crippen molar-refractivity contribution in [2.24, 2.45) is 0 Å². The number of ether oxygens (including phenoxy) is 3. The summed E-state index contributed by atoms with van der Waals surface area (Å²) >= 11 is 6.01. The van der Waals surface area contributed by atoms with Crippen LogP contribution in [0.25, 0.3) is 5.57 Å². The third kappa shape index (κ3) is 5.18. The molecule has 0 unspecified atom stereocenters. The van der Waals surface area contributed by atoms with Gasteiger partial charge in [0.2, 0.25) is 0 Å². The van der Waals surface area contributed by atoms with Gasteiger partial charge in [0.25, 0.3) is 11.8 Å². The highest BCUT2D eigenvalue weighted by atomic mass is 35.5. The molecule has 0 atom stereocenters. The Morgan fingerprint density at radius 3 is 2.19 bits per heavy atom. The summed E-state index contributed by atoms with van der Waals surface area (Å²) in [6, 6.07) is 12.0. The van der Waals surface area contributed by atoms with Gasteiger partial charge >= 0.3 is 0 Å². The summed E-state index contributed by atoms with van der Waals surface area (Å²) < 4.78 is 16.0. The van der Waals surface area contributed by atoms with Crippen LogP contribution in [0.5, 0.6) is 11.5 Å². The molecule has 7 nitrogen and oxygen atoms in total. The van der Waals surface area contributed by atoms with Crippen LogP contribution in [0.4, 0.5) is 5.69 Å². The topological polar surface area (TPSA) is 77.1 Å². The van der Waals surface area contributed by atoms with Crippen molar-refractivity contribution >= 4 is 34.7 Å². The number of anilines is 1. The van der Waals surface area contributed by atoms with Gasteiger partial charge in [-0.25, -0.2) is 0 Å². The number of carbonyl (C=O) groups is 2. The van der Waals surface area contributed by atoms with E-state index in [1.165, 1.54) is 4.90 Å². The lowest BCUT2D eigenvalue weighted by Gasteiger charge is -2.15. The van der Waals surface area contributed by atoms with Gasteiger partial charge < -0.3 is 19.5 Å². The minimum atomic E-state index is -0.395. The number of nitrogens with one attached hydrogen (secondary N) is 1. The Morgan fingerprint density at radius 2 is 1.61 bits per heavy atom. The molecule has 0 saturated carbocycles. The third-order valence-corrected chi connectivity index (χ3v) is 5.05. The monoisotopic (exact) mass is 444 g/mol. The number of nitrogens with zero attached hydrogens (tertiary/aromatic N) is 1. The molecule has 0 aliphatic carbocycles. The molecule has 2 aromatic rings. The lowest BCUT2D eigenvalue weighted by Crippen LogP contribution is -2.34. The fourth-order valence-electron chi connectivity index (χ4n) is 3.27. The second-order valence-electron chi connectivity index (χ2n) is 6.80. The number of rotatable bonds is 10. The maximum absolute atomic E-state index is 13.2. The highest BCUT2D eigenvalue weighted by Crippen LogP contribution is 2.33. The molecule has 0 fully saturated rings. The van der Waals surface area contributed by atoms with Gasteiger partial charge in [0, 0.05) is 48.7 Å². The zero-order chi connectivity index (χ0) is 22.4. The normalized spacial score (nSPS) is 13.7. The number of imide groups is 1. The Balaban J connectivity index is 1.98. The van der Waals surface area contributed by atoms with E-state index in [2.05, 4.69) is 5.32 Å². The van der Waals surface area contributed by atoms with E-state index in [1.54, 1.807) is 56.7 Å². The second-order valence-corrected chi connectivity index (χ2v) is 7.23. The van der Waals surface area contributed by atoms with E-state index in [0.29, 0.717) is 53.0 Å². The van der Waals surface area contributed by atoms with Crippen LogP contribution in [0, 0.1) is 0 Å². The summed E-state index contributed by atoms with van der Waals surface area (Å²) in [6.07, 6.45) is 0.555. The summed E-state index contributed by atoms with van der Waals surface area (Å²) in [5.74, 6) is 0.357. The summed E-state index contributed by atoms with van der Waals surface area (Å²) in [4.78, 5) is 27.6. The van der Waals surface area contributed by atoms with Crippen molar-refractivity contribution in [2.45, 2.75) is 13.3 Å². The number of carbonyl (C=O) groups excluding carboxylic acids is 2. The molecule has 2 amide bonds. The highest BCUT2D eigenvalue weighted by molar-refractivity contribution is 6.36. The minimum Gasteiger partial charge on any atom is -0.497 e. The lowest BCUT2D eigenvalue weighted by atomic mass is 10.0. The van der Waals surface area contributed by atoms with Crippen molar-refractivity contribution < 1.29 is 23.8 Å². The summed E-state index contributed by atoms with van der Waals surface area (Å²) in [6.45, 7) is 3.22. The quantitative estimate of drug-likeness (QED) is 0.441. The van der Waals surface area contributed by atoms with Gasteiger partial charge in [-0.3, -0.25) is 14.5 Å². The fraction of sp³-hybridized carbons (Fsp3) is 0.304. The average molecular weight is 445 g/mol. The smallest absolute Gasteiger partial charge is 0.278 e. The Bertz CT molecular complexity index is 966. The first-order valence-corrected chi connectivity index (χ1v) is 10.3. The Labute approximate surface area is 186 Å². The number of amides is 2. The molecule has 164 valence electrons. The maximum atomic E-state index is 13.2. The van der Waals surface area contributed by atoms with E-state index in [-0.39, 0.29) is 18.1 Å². The minimum absolute atomic E-state index is 0.194. The van der Waals surface area contributed by atoms with E-state index >= 15 is 0 Å². The molecule has 0 aromatic heterocycles. The van der Waals surface area contributed by atoms with Crippen LogP contribution in [-0.4, -0.2) is 50.7 Å². The molecule has 0 radical (unpaired) electrons. The molecule has 1 N–H and O–H groups in total. The van der Waals surface area contributed by atoms with Crippen molar-refractivity contribution in [1.82, 2.24) is 4.90 Å². The molecule has 1 aliphatic rings. The van der Waals surface area contributed by atoms with Crippen molar-refractivity contribution in [3.63, 3.8) is 0 Å². The maximum Gasteiger partial charge on any atom is 0.278 e. The van der Waals surface area contributed by atoms with Crippen molar-refractivity contribution in [2.75, 3.05) is 39.3 Å². The predicted molar refractivity (Wildman–Crippen MR) is 119 cm³/mol. The van der Waals surface area contributed by atoms with Crippen LogP contribution in [-0.2, 0) is 14.3 Å². The van der Waals surface area contributed by atoms with E-state index in [4.69, 9.17) is 25.8 Å². The fourth-order valence-corrected chi connectivity index (χ4v) is 3.40. The van der Waals surface area contributed by atoms with Crippen molar-refractivity contribution in [3.8, 4) is 11.5 Å². The molecule has 3 rings (SSSR count). The standard InChI is InChI=1S/C23H25ClN2O5/c1-4-31-11-5-10-26-22(27)20(15-6-8-16(24)9-7-15)21(23(26)28)25-17-12-18(29-2)14-19(13-17)30-3/h6-9,12-14,25H,4-5,10-11H2,1-3H3. The second kappa shape index (κ2) is 10.3. The molecule has 0 bridgehead atoms. The Hall–Kier alpha value is -3.03. The van der Waals surface area contributed by atoms with E-state index in [1.807, 2.05) is 6.92 Å². The van der Waals surface area contributed by atoms with Gasteiger partial charge in [0.1, 0.15) is 17.2 Å². The first-order valence-electron chi connectivity index (χ1n) is 9.92. The number of hydrogen-bond acceptors (Lipinski definition) is 6. The molecular weight excluding hydrogens is 420 g/mol. The zero-order valence-corrected chi connectivity index (χ0v) is 18.5. The van der Waals surface area contributed by atoms with Gasteiger partial charge in [0.05, 0.1) is 19.8 Å². The summed E-state index contributed by atoms with van der Waals surface area (Å²) in [7, 11) is 3.09. The number of methoxy groups -OCH3 is 2. The lowest BCUT2D eigenvalue weighted by molar-refractivity contribution is -0.137. The SMILES string of the molecule is CCOCCCN1C(=O)C(Nc2cc(OC)cc(OC)c2)=C(c2ccc(Cl)cc2)C1=O. The predicted octanol–water partition coefficient (Wildman–Crippen LogP) is 3.98. The van der Waals surface area contributed by atoms with E-state index < -0.39 is 5.91 Å².